The van der Waals surface area contributed by atoms with E-state index >= 15 is 0 Å². The standard InChI is InChI=1S/C30H44O3/c1-18(2)26-23(31)17-30(16-12-25(32)33)15-11-22-20(27(26)30)8-9-24-28(4)13-6-7-19(3)21(28)10-14-29(22,24)5/h12,16,18-22,24H,6-11,13-15,17H2,1-5H3,(H,32,33)/b16-12+. The van der Waals surface area contributed by atoms with Crippen LogP contribution in [-0.2, 0) is 9.59 Å². The Bertz CT molecular complexity index is 912. The Morgan fingerprint density at radius 2 is 1.70 bits per heavy atom. The van der Waals surface area contributed by atoms with E-state index in [1.807, 2.05) is 6.08 Å². The topological polar surface area (TPSA) is 54.4 Å². The van der Waals surface area contributed by atoms with Crippen LogP contribution in [0, 0.1) is 51.8 Å². The number of carbonyl (C=O) groups is 2. The van der Waals surface area contributed by atoms with Gasteiger partial charge in [-0.2, -0.15) is 0 Å². The van der Waals surface area contributed by atoms with Gasteiger partial charge < -0.3 is 5.11 Å². The highest BCUT2D eigenvalue weighted by Crippen LogP contribution is 2.71. The molecule has 0 aromatic carbocycles. The van der Waals surface area contributed by atoms with Gasteiger partial charge in [-0.1, -0.05) is 53.5 Å². The van der Waals surface area contributed by atoms with Gasteiger partial charge in [0.05, 0.1) is 0 Å². The van der Waals surface area contributed by atoms with Crippen molar-refractivity contribution in [2.45, 2.75) is 98.8 Å². The zero-order valence-corrected chi connectivity index (χ0v) is 21.5. The van der Waals surface area contributed by atoms with Crippen LogP contribution in [0.5, 0.6) is 0 Å². The first-order valence-electron chi connectivity index (χ1n) is 13.7. The predicted molar refractivity (Wildman–Crippen MR) is 132 cm³/mol. The first kappa shape index (κ1) is 23.4. The molecule has 5 rings (SSSR count). The van der Waals surface area contributed by atoms with Gasteiger partial charge in [-0.15, -0.1) is 0 Å². The van der Waals surface area contributed by atoms with E-state index in [0.29, 0.717) is 29.1 Å². The molecule has 0 heterocycles. The Labute approximate surface area is 200 Å². The quantitative estimate of drug-likeness (QED) is 0.460. The number of ketones is 1. The van der Waals surface area contributed by atoms with E-state index in [9.17, 15) is 14.7 Å². The van der Waals surface area contributed by atoms with Gasteiger partial charge in [0, 0.05) is 17.9 Å². The lowest BCUT2D eigenvalue weighted by Gasteiger charge is -2.66. The van der Waals surface area contributed by atoms with Gasteiger partial charge in [0.1, 0.15) is 0 Å². The summed E-state index contributed by atoms with van der Waals surface area (Å²) < 4.78 is 0. The van der Waals surface area contributed by atoms with Gasteiger partial charge in [-0.3, -0.25) is 4.79 Å². The Hall–Kier alpha value is -1.38. The molecule has 0 amide bonds. The van der Waals surface area contributed by atoms with Crippen molar-refractivity contribution in [2.75, 3.05) is 0 Å². The lowest BCUT2D eigenvalue weighted by atomic mass is 9.38. The second kappa shape index (κ2) is 7.82. The van der Waals surface area contributed by atoms with Crippen LogP contribution >= 0.6 is 0 Å². The maximum absolute atomic E-state index is 13.3. The van der Waals surface area contributed by atoms with Crippen LogP contribution in [-0.4, -0.2) is 16.9 Å². The van der Waals surface area contributed by atoms with Gasteiger partial charge in [-0.05, 0) is 102 Å². The van der Waals surface area contributed by atoms with Crippen LogP contribution < -0.4 is 0 Å². The number of aliphatic carboxylic acids is 1. The minimum atomic E-state index is -0.898. The van der Waals surface area contributed by atoms with Crippen LogP contribution in [0.2, 0.25) is 0 Å². The molecule has 0 aromatic rings. The first-order chi connectivity index (χ1) is 15.5. The number of Topliss-reactive ketones (excluding diaryl/α,β-unsaturated/α-hetero) is 1. The number of carbonyl (C=O) groups excluding carboxylic acids is 1. The van der Waals surface area contributed by atoms with Crippen LogP contribution in [0.25, 0.3) is 0 Å². The number of fused-ring (bicyclic) bond motifs is 7. The van der Waals surface area contributed by atoms with Crippen molar-refractivity contribution < 1.29 is 14.7 Å². The van der Waals surface area contributed by atoms with Crippen molar-refractivity contribution in [2.24, 2.45) is 51.8 Å². The molecule has 8 unspecified atom stereocenters. The normalized spacial score (nSPS) is 47.3. The molecule has 0 saturated heterocycles. The maximum atomic E-state index is 13.3. The molecule has 182 valence electrons. The molecule has 0 bridgehead atoms. The molecule has 3 heteroatoms. The molecule has 0 aliphatic heterocycles. The summed E-state index contributed by atoms with van der Waals surface area (Å²) in [6.45, 7) is 12.1. The van der Waals surface area contributed by atoms with Gasteiger partial charge in [-0.25, -0.2) is 4.79 Å². The highest BCUT2D eigenvalue weighted by atomic mass is 16.4. The third-order valence-corrected chi connectivity index (χ3v) is 11.6. The number of carboxylic acids is 1. The fraction of sp³-hybridized carbons (Fsp3) is 0.800. The van der Waals surface area contributed by atoms with Crippen molar-refractivity contribution in [1.29, 1.82) is 0 Å². The van der Waals surface area contributed by atoms with E-state index in [1.54, 1.807) is 0 Å². The fourth-order valence-corrected chi connectivity index (χ4v) is 10.5. The van der Waals surface area contributed by atoms with Crippen LogP contribution in [0.1, 0.15) is 98.8 Å². The molecule has 1 N–H and O–H groups in total. The Kier molecular flexibility index (Phi) is 5.54. The minimum Gasteiger partial charge on any atom is -0.478 e. The Morgan fingerprint density at radius 3 is 2.39 bits per heavy atom. The van der Waals surface area contributed by atoms with Crippen molar-refractivity contribution in [3.05, 3.63) is 23.3 Å². The third kappa shape index (κ3) is 3.27. The lowest BCUT2D eigenvalue weighted by Crippen LogP contribution is -2.59. The maximum Gasteiger partial charge on any atom is 0.328 e. The summed E-state index contributed by atoms with van der Waals surface area (Å²) in [6, 6.07) is 0. The molecule has 33 heavy (non-hydrogen) atoms. The van der Waals surface area contributed by atoms with E-state index in [2.05, 4.69) is 34.6 Å². The largest absolute Gasteiger partial charge is 0.478 e. The van der Waals surface area contributed by atoms with Gasteiger partial charge in [0.2, 0.25) is 0 Å². The smallest absolute Gasteiger partial charge is 0.328 e. The number of rotatable bonds is 3. The summed E-state index contributed by atoms with van der Waals surface area (Å²) in [5.74, 6) is 3.19. The second-order valence-electron chi connectivity index (χ2n) is 13.3. The molecule has 0 radical (unpaired) electrons. The van der Waals surface area contributed by atoms with Crippen molar-refractivity contribution >= 4 is 11.8 Å². The number of hydrogen-bond acceptors (Lipinski definition) is 2. The lowest BCUT2D eigenvalue weighted by molar-refractivity contribution is -0.160. The van der Waals surface area contributed by atoms with E-state index < -0.39 is 5.97 Å². The molecule has 0 spiro atoms. The van der Waals surface area contributed by atoms with Crippen molar-refractivity contribution in [3.63, 3.8) is 0 Å². The number of allylic oxidation sites excluding steroid dienone is 3. The summed E-state index contributed by atoms with van der Waals surface area (Å²) >= 11 is 0. The molecule has 3 nitrogen and oxygen atoms in total. The highest BCUT2D eigenvalue weighted by molar-refractivity contribution is 6.01. The van der Waals surface area contributed by atoms with Crippen LogP contribution in [0.15, 0.2) is 23.3 Å². The fourth-order valence-electron chi connectivity index (χ4n) is 10.5. The molecule has 5 aliphatic carbocycles. The summed E-state index contributed by atoms with van der Waals surface area (Å²) in [7, 11) is 0. The molecule has 5 aliphatic rings. The van der Waals surface area contributed by atoms with Gasteiger partial charge in [0.15, 0.2) is 5.78 Å². The monoisotopic (exact) mass is 452 g/mol. The summed E-state index contributed by atoms with van der Waals surface area (Å²) in [6.07, 6.45) is 15.1. The molecule has 0 aromatic heterocycles. The molecular formula is C30H44O3. The first-order valence-corrected chi connectivity index (χ1v) is 13.7. The van der Waals surface area contributed by atoms with Gasteiger partial charge in [0.25, 0.3) is 0 Å². The van der Waals surface area contributed by atoms with E-state index in [1.165, 1.54) is 56.6 Å². The van der Waals surface area contributed by atoms with Crippen LogP contribution in [0.4, 0.5) is 0 Å². The number of carboxylic acid groups (broad SMARTS) is 1. The Morgan fingerprint density at radius 1 is 1.00 bits per heavy atom. The predicted octanol–water partition coefficient (Wildman–Crippen LogP) is 7.22. The SMILES string of the molecule is CC(C)C1=C2C3CCC4C5(C)CCCC(C)C5CCC4(C)C3CCC2(/C=C/C(=O)O)CC1=O. The van der Waals surface area contributed by atoms with E-state index in [0.717, 1.165) is 36.2 Å². The van der Waals surface area contributed by atoms with Crippen LogP contribution in [0.3, 0.4) is 0 Å². The third-order valence-electron chi connectivity index (χ3n) is 11.6. The van der Waals surface area contributed by atoms with Gasteiger partial charge >= 0.3 is 5.97 Å². The minimum absolute atomic E-state index is 0.212. The average Bonchev–Trinajstić information content (AvgIpc) is 3.04. The molecule has 8 atom stereocenters. The van der Waals surface area contributed by atoms with Crippen molar-refractivity contribution in [3.8, 4) is 0 Å². The average molecular weight is 453 g/mol. The molecule has 4 saturated carbocycles. The zero-order valence-electron chi connectivity index (χ0n) is 21.5. The van der Waals surface area contributed by atoms with Crippen molar-refractivity contribution in [1.82, 2.24) is 0 Å². The number of hydrogen-bond donors (Lipinski definition) is 1. The Balaban J connectivity index is 1.56. The zero-order chi connectivity index (χ0) is 23.8. The summed E-state index contributed by atoms with van der Waals surface area (Å²) in [5, 5.41) is 9.40. The summed E-state index contributed by atoms with van der Waals surface area (Å²) in [4.78, 5) is 24.8. The molecular weight excluding hydrogens is 408 g/mol. The van der Waals surface area contributed by atoms with E-state index in [4.69, 9.17) is 0 Å². The van der Waals surface area contributed by atoms with E-state index in [-0.39, 0.29) is 17.1 Å². The second-order valence-corrected chi connectivity index (χ2v) is 13.3. The summed E-state index contributed by atoms with van der Waals surface area (Å²) in [5.41, 5.74) is 2.87. The molecule has 4 fully saturated rings. The highest BCUT2D eigenvalue weighted by Gasteiger charge is 2.63.